The molecular formula is C7H7S+. The van der Waals surface area contributed by atoms with Crippen molar-refractivity contribution in [3.05, 3.63) is 30.3 Å². The Balaban J connectivity index is 2.99. The lowest BCUT2D eigenvalue weighted by Gasteiger charge is -1.73. The molecule has 0 spiro atoms. The SMILES string of the molecule is C=[S+]c1ccccc1. The van der Waals surface area contributed by atoms with Crippen molar-refractivity contribution in [2.24, 2.45) is 0 Å². The fourth-order valence-electron chi connectivity index (χ4n) is 0.517. The van der Waals surface area contributed by atoms with Crippen LogP contribution in [0.4, 0.5) is 0 Å². The lowest BCUT2D eigenvalue weighted by atomic mass is 10.4. The Hall–Kier alpha value is -0.690. The zero-order valence-electron chi connectivity index (χ0n) is 4.50. The van der Waals surface area contributed by atoms with E-state index in [1.165, 1.54) is 16.2 Å². The summed E-state index contributed by atoms with van der Waals surface area (Å²) in [7, 11) is 0. The van der Waals surface area contributed by atoms with Crippen molar-refractivity contribution in [3.8, 4) is 0 Å². The van der Waals surface area contributed by atoms with Crippen LogP contribution in [0.5, 0.6) is 0 Å². The molecule has 0 fully saturated rings. The van der Waals surface area contributed by atoms with Crippen molar-refractivity contribution in [1.82, 2.24) is 0 Å². The van der Waals surface area contributed by atoms with Crippen molar-refractivity contribution in [1.29, 1.82) is 0 Å². The van der Waals surface area contributed by atoms with E-state index in [9.17, 15) is 0 Å². The molecule has 0 saturated carbocycles. The quantitative estimate of drug-likeness (QED) is 0.392. The molecule has 0 amide bonds. The highest BCUT2D eigenvalue weighted by Crippen LogP contribution is 1.95. The first-order valence-electron chi connectivity index (χ1n) is 2.40. The molecule has 0 bridgehead atoms. The van der Waals surface area contributed by atoms with Gasteiger partial charge in [-0.3, -0.25) is 0 Å². The van der Waals surface area contributed by atoms with Gasteiger partial charge in [0.1, 0.15) is 0 Å². The predicted molar refractivity (Wildman–Crippen MR) is 39.2 cm³/mol. The first-order chi connectivity index (χ1) is 3.93. The standard InChI is InChI=1S/C7H7S/c1-8-7-5-3-2-4-6-7/h2-6H,1H2/q+1. The maximum Gasteiger partial charge on any atom is 0.230 e. The summed E-state index contributed by atoms with van der Waals surface area (Å²) in [4.78, 5) is 1.22. The van der Waals surface area contributed by atoms with Gasteiger partial charge in [-0.05, 0) is 0 Å². The summed E-state index contributed by atoms with van der Waals surface area (Å²) in [6.45, 7) is 0. The number of rotatable bonds is 1. The van der Waals surface area contributed by atoms with Crippen LogP contribution in [0, 0.1) is 0 Å². The summed E-state index contributed by atoms with van der Waals surface area (Å²) in [5, 5.41) is 0. The second kappa shape index (κ2) is 2.58. The predicted octanol–water partition coefficient (Wildman–Crippen LogP) is 1.56. The number of benzene rings is 1. The molecule has 40 valence electrons. The molecule has 1 aromatic carbocycles. The third-order valence-corrected chi connectivity index (χ3v) is 1.52. The second-order valence-electron chi connectivity index (χ2n) is 1.46. The molecule has 0 heterocycles. The van der Waals surface area contributed by atoms with Gasteiger partial charge in [-0.15, -0.1) is 0 Å². The van der Waals surface area contributed by atoms with Crippen LogP contribution in [-0.2, 0) is 11.4 Å². The van der Waals surface area contributed by atoms with E-state index in [0.29, 0.717) is 0 Å². The van der Waals surface area contributed by atoms with Gasteiger partial charge in [0.25, 0.3) is 0 Å². The molecule has 0 aromatic heterocycles. The second-order valence-corrected chi connectivity index (χ2v) is 2.22. The lowest BCUT2D eigenvalue weighted by molar-refractivity contribution is 1.48. The minimum absolute atomic E-state index is 1.22. The Morgan fingerprint density at radius 2 is 1.75 bits per heavy atom. The molecule has 0 aliphatic carbocycles. The van der Waals surface area contributed by atoms with E-state index in [-0.39, 0.29) is 0 Å². The third kappa shape index (κ3) is 1.14. The van der Waals surface area contributed by atoms with Gasteiger partial charge in [-0.1, -0.05) is 18.2 Å². The van der Waals surface area contributed by atoms with Gasteiger partial charge in [0.05, 0.1) is 0 Å². The van der Waals surface area contributed by atoms with Crippen LogP contribution in [-0.4, -0.2) is 5.87 Å². The van der Waals surface area contributed by atoms with E-state index < -0.39 is 0 Å². The average Bonchev–Trinajstić information content (AvgIpc) is 1.90. The molecule has 0 radical (unpaired) electrons. The Labute approximate surface area is 53.1 Å². The van der Waals surface area contributed by atoms with Crippen molar-refractivity contribution in [2.45, 2.75) is 4.90 Å². The van der Waals surface area contributed by atoms with Gasteiger partial charge in [0.15, 0.2) is 5.87 Å². The first kappa shape index (κ1) is 5.45. The Bertz CT molecular complexity index is 167. The highest BCUT2D eigenvalue weighted by molar-refractivity contribution is 7.76. The Morgan fingerprint density at radius 1 is 1.12 bits per heavy atom. The molecule has 8 heavy (non-hydrogen) atoms. The topological polar surface area (TPSA) is 0 Å². The van der Waals surface area contributed by atoms with E-state index >= 15 is 0 Å². The number of hydrogen-bond donors (Lipinski definition) is 0. The van der Waals surface area contributed by atoms with Crippen molar-refractivity contribution in [3.63, 3.8) is 0 Å². The maximum atomic E-state index is 3.67. The molecular weight excluding hydrogens is 116 g/mol. The maximum absolute atomic E-state index is 3.67. The van der Waals surface area contributed by atoms with Crippen LogP contribution in [0.3, 0.4) is 0 Å². The van der Waals surface area contributed by atoms with Crippen molar-refractivity contribution in [2.75, 3.05) is 0 Å². The molecule has 0 unspecified atom stereocenters. The normalized spacial score (nSPS) is 8.50. The third-order valence-electron chi connectivity index (χ3n) is 0.910. The van der Waals surface area contributed by atoms with Gasteiger partial charge < -0.3 is 0 Å². The molecule has 1 heteroatoms. The molecule has 0 aliphatic rings. The van der Waals surface area contributed by atoms with Crippen LogP contribution >= 0.6 is 0 Å². The van der Waals surface area contributed by atoms with E-state index in [4.69, 9.17) is 0 Å². The highest BCUT2D eigenvalue weighted by atomic mass is 32.1. The largest absolute Gasteiger partial charge is 0.230 e. The summed E-state index contributed by atoms with van der Waals surface area (Å²) in [5.41, 5.74) is 0. The monoisotopic (exact) mass is 123 g/mol. The molecule has 0 saturated heterocycles. The van der Waals surface area contributed by atoms with Gasteiger partial charge in [0.2, 0.25) is 16.2 Å². The lowest BCUT2D eigenvalue weighted by Crippen LogP contribution is -1.67. The van der Waals surface area contributed by atoms with E-state index in [0.717, 1.165) is 0 Å². The molecule has 0 atom stereocenters. The van der Waals surface area contributed by atoms with Crippen LogP contribution in [0.1, 0.15) is 0 Å². The van der Waals surface area contributed by atoms with Crippen LogP contribution in [0.25, 0.3) is 0 Å². The molecule has 0 aliphatic heterocycles. The van der Waals surface area contributed by atoms with Crippen LogP contribution in [0.2, 0.25) is 0 Å². The summed E-state index contributed by atoms with van der Waals surface area (Å²) in [6.07, 6.45) is 0. The van der Waals surface area contributed by atoms with Gasteiger partial charge >= 0.3 is 0 Å². The minimum Gasteiger partial charge on any atom is -0.0619 e. The van der Waals surface area contributed by atoms with Crippen molar-refractivity contribution >= 4 is 17.2 Å². The Kier molecular flexibility index (Phi) is 1.75. The fraction of sp³-hybridized carbons (Fsp3) is 0. The molecule has 0 nitrogen and oxygen atoms in total. The van der Waals surface area contributed by atoms with E-state index in [2.05, 4.69) is 5.87 Å². The van der Waals surface area contributed by atoms with Crippen molar-refractivity contribution < 1.29 is 0 Å². The zero-order chi connectivity index (χ0) is 5.82. The summed E-state index contributed by atoms with van der Waals surface area (Å²) >= 11 is 1.52. The van der Waals surface area contributed by atoms with Crippen LogP contribution in [0.15, 0.2) is 35.2 Å². The zero-order valence-corrected chi connectivity index (χ0v) is 5.32. The fourth-order valence-corrected chi connectivity index (χ4v) is 0.866. The first-order valence-corrected chi connectivity index (χ1v) is 3.39. The summed E-state index contributed by atoms with van der Waals surface area (Å²) in [6, 6.07) is 10.1. The van der Waals surface area contributed by atoms with Gasteiger partial charge in [0, 0.05) is 12.1 Å². The van der Waals surface area contributed by atoms with E-state index in [1.54, 1.807) is 0 Å². The molecule has 1 rings (SSSR count). The Morgan fingerprint density at radius 3 is 2.12 bits per heavy atom. The highest BCUT2D eigenvalue weighted by Gasteiger charge is 1.91. The van der Waals surface area contributed by atoms with Gasteiger partial charge in [-0.25, -0.2) is 0 Å². The smallest absolute Gasteiger partial charge is 0.0619 e. The van der Waals surface area contributed by atoms with Gasteiger partial charge in [-0.2, -0.15) is 0 Å². The summed E-state index contributed by atoms with van der Waals surface area (Å²) < 4.78 is 0. The number of hydrogen-bond acceptors (Lipinski definition) is 0. The molecule has 0 N–H and O–H groups in total. The minimum atomic E-state index is 1.22. The van der Waals surface area contributed by atoms with Crippen LogP contribution < -0.4 is 0 Å². The molecule has 1 aromatic rings. The van der Waals surface area contributed by atoms with E-state index in [1.807, 2.05) is 30.3 Å². The summed E-state index contributed by atoms with van der Waals surface area (Å²) in [5.74, 6) is 3.67. The average molecular weight is 123 g/mol.